The molecule has 7 heteroatoms. The van der Waals surface area contributed by atoms with Crippen LogP contribution >= 0.6 is 22.9 Å². The molecule has 1 aliphatic heterocycles. The molecule has 0 unspecified atom stereocenters. The maximum Gasteiger partial charge on any atom is 0.159 e. The molecule has 5 nitrogen and oxygen atoms in total. The molecule has 5 rings (SSSR count). The normalized spacial score (nSPS) is 13.9. The van der Waals surface area contributed by atoms with Gasteiger partial charge in [0.15, 0.2) is 5.82 Å². The van der Waals surface area contributed by atoms with Crippen molar-refractivity contribution in [3.05, 3.63) is 82.1 Å². The zero-order valence-electron chi connectivity index (χ0n) is 16.3. The van der Waals surface area contributed by atoms with E-state index in [1.165, 1.54) is 5.56 Å². The van der Waals surface area contributed by atoms with E-state index in [4.69, 9.17) is 27.3 Å². The second-order valence-corrected chi connectivity index (χ2v) is 8.69. The molecular formula is C23H20ClN5S. The number of benzene rings is 2. The Kier molecular flexibility index (Phi) is 5.21. The van der Waals surface area contributed by atoms with Gasteiger partial charge in [0.1, 0.15) is 5.01 Å². The maximum atomic E-state index is 5.99. The summed E-state index contributed by atoms with van der Waals surface area (Å²) in [6, 6.07) is 15.5. The van der Waals surface area contributed by atoms with Crippen molar-refractivity contribution in [1.82, 2.24) is 19.9 Å². The first-order chi connectivity index (χ1) is 14.6. The van der Waals surface area contributed by atoms with Gasteiger partial charge in [-0.05, 0) is 36.4 Å². The van der Waals surface area contributed by atoms with E-state index < -0.39 is 0 Å². The predicted octanol–water partition coefficient (Wildman–Crippen LogP) is 5.06. The number of fused-ring (bicyclic) bond motifs is 1. The van der Waals surface area contributed by atoms with E-state index in [-0.39, 0.29) is 0 Å². The molecule has 0 fully saturated rings. The lowest BCUT2D eigenvalue weighted by molar-refractivity contribution is 0.240. The third-order valence-electron chi connectivity index (χ3n) is 5.21. The van der Waals surface area contributed by atoms with E-state index in [1.807, 2.05) is 54.7 Å². The van der Waals surface area contributed by atoms with Gasteiger partial charge >= 0.3 is 0 Å². The summed E-state index contributed by atoms with van der Waals surface area (Å²) in [6.07, 6.45) is 2.87. The minimum atomic E-state index is 0.740. The number of hydrogen-bond donors (Lipinski definition) is 1. The van der Waals surface area contributed by atoms with Crippen LogP contribution in [0.4, 0.5) is 5.69 Å². The average Bonchev–Trinajstić information content (AvgIpc) is 3.23. The first kappa shape index (κ1) is 19.2. The van der Waals surface area contributed by atoms with Gasteiger partial charge in [-0.2, -0.15) is 0 Å². The molecule has 2 N–H and O–H groups in total. The highest BCUT2D eigenvalue weighted by Crippen LogP contribution is 2.27. The summed E-state index contributed by atoms with van der Waals surface area (Å²) in [5.41, 5.74) is 12.0. The third kappa shape index (κ3) is 4.07. The summed E-state index contributed by atoms with van der Waals surface area (Å²) in [6.45, 7) is 2.62. The van der Waals surface area contributed by atoms with Crippen LogP contribution in [0.15, 0.2) is 60.1 Å². The van der Waals surface area contributed by atoms with Crippen LogP contribution in [-0.2, 0) is 19.5 Å². The predicted molar refractivity (Wildman–Crippen MR) is 122 cm³/mol. The summed E-state index contributed by atoms with van der Waals surface area (Å²) < 4.78 is 0. The minimum Gasteiger partial charge on any atom is -0.399 e. The van der Waals surface area contributed by atoms with E-state index in [2.05, 4.69) is 15.3 Å². The Morgan fingerprint density at radius 3 is 2.57 bits per heavy atom. The Morgan fingerprint density at radius 1 is 1.00 bits per heavy atom. The van der Waals surface area contributed by atoms with Gasteiger partial charge in [0.2, 0.25) is 0 Å². The van der Waals surface area contributed by atoms with Crippen molar-refractivity contribution >= 4 is 28.6 Å². The lowest BCUT2D eigenvalue weighted by Crippen LogP contribution is -2.31. The number of rotatable bonds is 4. The van der Waals surface area contributed by atoms with Crippen molar-refractivity contribution in [3.63, 3.8) is 0 Å². The van der Waals surface area contributed by atoms with Gasteiger partial charge in [-0.25, -0.2) is 15.0 Å². The van der Waals surface area contributed by atoms with Crippen molar-refractivity contribution in [2.75, 3.05) is 12.3 Å². The molecule has 0 atom stereocenters. The van der Waals surface area contributed by atoms with Gasteiger partial charge in [0.25, 0.3) is 0 Å². The number of halogens is 1. The first-order valence-electron chi connectivity index (χ1n) is 9.77. The number of nitrogens with two attached hydrogens (primary N) is 1. The SMILES string of the molecule is Nc1ccc(-c2ncc3c(n2)CCN(Cc2csc(-c4ccc(Cl)cc4)n2)C3)cc1. The Hall–Kier alpha value is -2.80. The van der Waals surface area contributed by atoms with Gasteiger partial charge < -0.3 is 5.73 Å². The van der Waals surface area contributed by atoms with Gasteiger partial charge in [-0.15, -0.1) is 11.3 Å². The van der Waals surface area contributed by atoms with Gasteiger partial charge in [0.05, 0.1) is 11.4 Å². The fourth-order valence-electron chi connectivity index (χ4n) is 3.61. The molecular weight excluding hydrogens is 414 g/mol. The van der Waals surface area contributed by atoms with Crippen LogP contribution in [0.25, 0.3) is 22.0 Å². The molecule has 0 saturated carbocycles. The quantitative estimate of drug-likeness (QED) is 0.455. The lowest BCUT2D eigenvalue weighted by atomic mass is 10.1. The Bertz CT molecular complexity index is 1170. The fraction of sp³-hybridized carbons (Fsp3) is 0.174. The van der Waals surface area contributed by atoms with E-state index in [1.54, 1.807) is 11.3 Å². The van der Waals surface area contributed by atoms with Crippen LogP contribution in [0.3, 0.4) is 0 Å². The molecule has 0 radical (unpaired) electrons. The molecule has 0 bridgehead atoms. The Balaban J connectivity index is 1.28. The monoisotopic (exact) mass is 433 g/mol. The number of hydrogen-bond acceptors (Lipinski definition) is 6. The summed E-state index contributed by atoms with van der Waals surface area (Å²) in [5.74, 6) is 0.759. The lowest BCUT2D eigenvalue weighted by Gasteiger charge is -2.27. The number of nitrogens with zero attached hydrogens (tertiary/aromatic N) is 4. The standard InChI is InChI=1S/C23H20ClN5S/c24-18-5-1-16(2-6-18)23-27-20(14-30-23)13-29-10-9-21-17(12-29)11-26-22(28-21)15-3-7-19(25)8-4-15/h1-8,11,14H,9-10,12-13,25H2. The van der Waals surface area contributed by atoms with Crippen LogP contribution in [0, 0.1) is 0 Å². The number of anilines is 1. The second-order valence-electron chi connectivity index (χ2n) is 7.40. The van der Waals surface area contributed by atoms with Crippen LogP contribution < -0.4 is 5.73 Å². The van der Waals surface area contributed by atoms with E-state index >= 15 is 0 Å². The summed E-state index contributed by atoms with van der Waals surface area (Å²) >= 11 is 7.66. The second kappa shape index (κ2) is 8.14. The third-order valence-corrected chi connectivity index (χ3v) is 6.40. The molecule has 4 aromatic rings. The Labute approximate surface area is 184 Å². The molecule has 2 aromatic heterocycles. The van der Waals surface area contributed by atoms with Crippen LogP contribution in [0.5, 0.6) is 0 Å². The van der Waals surface area contributed by atoms with Crippen molar-refractivity contribution in [1.29, 1.82) is 0 Å². The minimum absolute atomic E-state index is 0.740. The van der Waals surface area contributed by atoms with Crippen molar-refractivity contribution < 1.29 is 0 Å². The van der Waals surface area contributed by atoms with Crippen LogP contribution in [0.1, 0.15) is 17.0 Å². The smallest absolute Gasteiger partial charge is 0.159 e. The Morgan fingerprint density at radius 2 is 1.77 bits per heavy atom. The molecule has 2 aromatic carbocycles. The zero-order chi connectivity index (χ0) is 20.5. The first-order valence-corrected chi connectivity index (χ1v) is 11.0. The van der Waals surface area contributed by atoms with Gasteiger partial charge in [0, 0.05) is 65.0 Å². The molecule has 0 spiro atoms. The van der Waals surface area contributed by atoms with Crippen LogP contribution in [-0.4, -0.2) is 26.4 Å². The molecule has 30 heavy (non-hydrogen) atoms. The van der Waals surface area contributed by atoms with Crippen molar-refractivity contribution in [2.24, 2.45) is 0 Å². The fourth-order valence-corrected chi connectivity index (χ4v) is 4.56. The number of thiazole rings is 1. The van der Waals surface area contributed by atoms with Gasteiger partial charge in [-0.3, -0.25) is 4.90 Å². The van der Waals surface area contributed by atoms with E-state index in [9.17, 15) is 0 Å². The molecule has 0 amide bonds. The highest BCUT2D eigenvalue weighted by molar-refractivity contribution is 7.13. The molecule has 0 saturated heterocycles. The van der Waals surface area contributed by atoms with Gasteiger partial charge in [-0.1, -0.05) is 23.7 Å². The van der Waals surface area contributed by atoms with Crippen molar-refractivity contribution in [3.8, 4) is 22.0 Å². The molecule has 3 heterocycles. The van der Waals surface area contributed by atoms with E-state index in [0.29, 0.717) is 0 Å². The molecule has 150 valence electrons. The summed E-state index contributed by atoms with van der Waals surface area (Å²) in [4.78, 5) is 16.6. The highest BCUT2D eigenvalue weighted by atomic mass is 35.5. The highest BCUT2D eigenvalue weighted by Gasteiger charge is 2.20. The maximum absolute atomic E-state index is 5.99. The number of nitrogen functional groups attached to an aromatic ring is 1. The topological polar surface area (TPSA) is 67.9 Å². The average molecular weight is 434 g/mol. The van der Waals surface area contributed by atoms with Crippen LogP contribution in [0.2, 0.25) is 5.02 Å². The molecule has 0 aliphatic carbocycles. The summed E-state index contributed by atoms with van der Waals surface area (Å²) in [5, 5.41) is 3.90. The largest absolute Gasteiger partial charge is 0.399 e. The summed E-state index contributed by atoms with van der Waals surface area (Å²) in [7, 11) is 0. The van der Waals surface area contributed by atoms with Crippen molar-refractivity contribution in [2.45, 2.75) is 19.5 Å². The zero-order valence-corrected chi connectivity index (χ0v) is 17.8. The number of aromatic nitrogens is 3. The molecule has 1 aliphatic rings. The van der Waals surface area contributed by atoms with E-state index in [0.717, 1.165) is 70.1 Å².